The lowest BCUT2D eigenvalue weighted by atomic mass is 9.74. The maximum Gasteiger partial charge on any atom is 0.308 e. The molecule has 2 rings (SSSR count). The highest BCUT2D eigenvalue weighted by atomic mass is 16.4. The maximum absolute atomic E-state index is 12.8. The number of hydrogen-bond donors (Lipinski definition) is 2. The second-order valence-corrected chi connectivity index (χ2v) is 6.17. The molecule has 2 N–H and O–H groups in total. The maximum atomic E-state index is 12.8. The van der Waals surface area contributed by atoms with E-state index >= 15 is 0 Å². The Morgan fingerprint density at radius 2 is 2.16 bits per heavy atom. The van der Waals surface area contributed by atoms with Crippen molar-refractivity contribution in [2.75, 3.05) is 26.2 Å². The van der Waals surface area contributed by atoms with Crippen LogP contribution >= 0.6 is 0 Å². The highest BCUT2D eigenvalue weighted by molar-refractivity contribution is 5.84. The molecule has 2 saturated heterocycles. The smallest absolute Gasteiger partial charge is 0.308 e. The van der Waals surface area contributed by atoms with Crippen LogP contribution in [0.15, 0.2) is 0 Å². The van der Waals surface area contributed by atoms with Crippen molar-refractivity contribution in [1.82, 2.24) is 10.2 Å². The molecule has 0 bridgehead atoms. The minimum Gasteiger partial charge on any atom is -0.481 e. The summed E-state index contributed by atoms with van der Waals surface area (Å²) in [5, 5.41) is 12.4. The van der Waals surface area contributed by atoms with Crippen LogP contribution in [0.2, 0.25) is 0 Å². The molecule has 2 aliphatic heterocycles. The van der Waals surface area contributed by atoms with Crippen LogP contribution in [0.1, 0.15) is 33.1 Å². The van der Waals surface area contributed by atoms with Gasteiger partial charge in [-0.3, -0.25) is 9.59 Å². The first-order chi connectivity index (χ1) is 8.97. The molecule has 1 unspecified atom stereocenters. The molecule has 0 aromatic heterocycles. The molecular weight excluding hydrogens is 244 g/mol. The quantitative estimate of drug-likeness (QED) is 0.799. The molecule has 0 aliphatic carbocycles. The number of amides is 1. The normalized spacial score (nSPS) is 31.7. The Balaban J connectivity index is 2.11. The number of aliphatic carboxylic acids is 1. The summed E-state index contributed by atoms with van der Waals surface area (Å²) < 4.78 is 0. The van der Waals surface area contributed by atoms with Crippen LogP contribution in [0.4, 0.5) is 0 Å². The van der Waals surface area contributed by atoms with Crippen LogP contribution < -0.4 is 5.32 Å². The fourth-order valence-corrected chi connectivity index (χ4v) is 3.31. The molecule has 5 heteroatoms. The molecule has 2 fully saturated rings. The minimum absolute atomic E-state index is 0.151. The van der Waals surface area contributed by atoms with Crippen molar-refractivity contribution >= 4 is 11.9 Å². The molecule has 19 heavy (non-hydrogen) atoms. The van der Waals surface area contributed by atoms with Gasteiger partial charge in [0.1, 0.15) is 0 Å². The number of hydrogen-bond acceptors (Lipinski definition) is 3. The van der Waals surface area contributed by atoms with E-state index in [4.69, 9.17) is 5.11 Å². The van der Waals surface area contributed by atoms with Crippen LogP contribution in [-0.2, 0) is 9.59 Å². The monoisotopic (exact) mass is 268 g/mol. The zero-order valence-corrected chi connectivity index (χ0v) is 11.8. The minimum atomic E-state index is -0.777. The van der Waals surface area contributed by atoms with Crippen molar-refractivity contribution in [3.63, 3.8) is 0 Å². The molecule has 1 amide bonds. The van der Waals surface area contributed by atoms with Gasteiger partial charge in [0.15, 0.2) is 0 Å². The van der Waals surface area contributed by atoms with Crippen LogP contribution in [0, 0.1) is 17.3 Å². The Labute approximate surface area is 114 Å². The van der Waals surface area contributed by atoms with Crippen LogP contribution in [0.5, 0.6) is 0 Å². The third kappa shape index (κ3) is 2.61. The molecular formula is C14H24N2O3. The lowest BCUT2D eigenvalue weighted by Gasteiger charge is -2.39. The predicted octanol–water partition coefficient (Wildman–Crippen LogP) is 0.945. The third-order valence-electron chi connectivity index (χ3n) is 4.78. The summed E-state index contributed by atoms with van der Waals surface area (Å²) in [5.74, 6) is -0.740. The van der Waals surface area contributed by atoms with Crippen LogP contribution in [0.25, 0.3) is 0 Å². The first-order valence-corrected chi connectivity index (χ1v) is 7.20. The van der Waals surface area contributed by atoms with E-state index < -0.39 is 11.9 Å². The summed E-state index contributed by atoms with van der Waals surface area (Å²) in [4.78, 5) is 25.7. The summed E-state index contributed by atoms with van der Waals surface area (Å²) in [6, 6.07) is 0. The summed E-state index contributed by atoms with van der Waals surface area (Å²) in [5.41, 5.74) is -0.333. The van der Waals surface area contributed by atoms with Gasteiger partial charge in [-0.1, -0.05) is 13.8 Å². The van der Waals surface area contributed by atoms with E-state index in [0.717, 1.165) is 25.9 Å². The zero-order chi connectivity index (χ0) is 14.0. The Morgan fingerprint density at radius 1 is 1.42 bits per heavy atom. The number of piperidine rings is 1. The summed E-state index contributed by atoms with van der Waals surface area (Å²) >= 11 is 0. The number of carboxylic acids is 1. The van der Waals surface area contributed by atoms with Crippen molar-refractivity contribution in [3.05, 3.63) is 0 Å². The average molecular weight is 268 g/mol. The molecule has 0 saturated carbocycles. The van der Waals surface area contributed by atoms with E-state index in [-0.39, 0.29) is 17.2 Å². The molecule has 2 aliphatic rings. The van der Waals surface area contributed by atoms with E-state index in [2.05, 4.69) is 19.2 Å². The van der Waals surface area contributed by atoms with Gasteiger partial charge in [0.05, 0.1) is 11.3 Å². The van der Waals surface area contributed by atoms with Gasteiger partial charge in [0.25, 0.3) is 0 Å². The first kappa shape index (κ1) is 14.3. The van der Waals surface area contributed by atoms with Crippen molar-refractivity contribution in [2.24, 2.45) is 17.3 Å². The molecule has 108 valence electrons. The van der Waals surface area contributed by atoms with Crippen molar-refractivity contribution < 1.29 is 14.7 Å². The van der Waals surface area contributed by atoms with Crippen LogP contribution in [-0.4, -0.2) is 48.1 Å². The van der Waals surface area contributed by atoms with E-state index in [1.54, 1.807) is 4.90 Å². The second kappa shape index (κ2) is 5.49. The van der Waals surface area contributed by atoms with Crippen molar-refractivity contribution in [2.45, 2.75) is 33.1 Å². The largest absolute Gasteiger partial charge is 0.481 e. The number of nitrogens with one attached hydrogen (secondary N) is 1. The molecule has 0 radical (unpaired) electrons. The average Bonchev–Trinajstić information content (AvgIpc) is 2.88. The van der Waals surface area contributed by atoms with Gasteiger partial charge >= 0.3 is 5.97 Å². The van der Waals surface area contributed by atoms with Crippen molar-refractivity contribution in [3.8, 4) is 0 Å². The SMILES string of the molecule is CC(C)C1(C(=O)N2CCC[C@@H](C(=O)O)C2)CCNC1. The van der Waals surface area contributed by atoms with E-state index in [9.17, 15) is 9.59 Å². The Kier molecular flexibility index (Phi) is 4.13. The molecule has 0 spiro atoms. The predicted molar refractivity (Wildman–Crippen MR) is 71.7 cm³/mol. The van der Waals surface area contributed by atoms with E-state index in [0.29, 0.717) is 19.5 Å². The fourth-order valence-electron chi connectivity index (χ4n) is 3.31. The fraction of sp³-hybridized carbons (Fsp3) is 0.857. The molecule has 5 nitrogen and oxygen atoms in total. The summed E-state index contributed by atoms with van der Waals surface area (Å²) in [6.07, 6.45) is 2.34. The van der Waals surface area contributed by atoms with E-state index in [1.807, 2.05) is 0 Å². The highest BCUT2D eigenvalue weighted by Gasteiger charge is 2.47. The van der Waals surface area contributed by atoms with Gasteiger partial charge < -0.3 is 15.3 Å². The first-order valence-electron chi connectivity index (χ1n) is 7.20. The number of rotatable bonds is 3. The van der Waals surface area contributed by atoms with Crippen molar-refractivity contribution in [1.29, 1.82) is 0 Å². The van der Waals surface area contributed by atoms with E-state index in [1.165, 1.54) is 0 Å². The number of carbonyl (C=O) groups excluding carboxylic acids is 1. The van der Waals surface area contributed by atoms with Gasteiger partial charge in [-0.2, -0.15) is 0 Å². The number of carbonyl (C=O) groups is 2. The Hall–Kier alpha value is -1.10. The third-order valence-corrected chi connectivity index (χ3v) is 4.78. The molecule has 0 aromatic rings. The Morgan fingerprint density at radius 3 is 2.68 bits per heavy atom. The number of nitrogens with zero attached hydrogens (tertiary/aromatic N) is 1. The van der Waals surface area contributed by atoms with Gasteiger partial charge in [0, 0.05) is 19.6 Å². The second-order valence-electron chi connectivity index (χ2n) is 6.17. The lowest BCUT2D eigenvalue weighted by Crippen LogP contribution is -2.52. The van der Waals surface area contributed by atoms with Gasteiger partial charge in [-0.05, 0) is 31.7 Å². The molecule has 2 heterocycles. The van der Waals surface area contributed by atoms with Gasteiger partial charge in [0.2, 0.25) is 5.91 Å². The van der Waals surface area contributed by atoms with Crippen LogP contribution in [0.3, 0.4) is 0 Å². The number of carboxylic acid groups (broad SMARTS) is 1. The topological polar surface area (TPSA) is 69.6 Å². The molecule has 0 aromatic carbocycles. The lowest BCUT2D eigenvalue weighted by molar-refractivity contribution is -0.150. The highest BCUT2D eigenvalue weighted by Crippen LogP contribution is 2.37. The zero-order valence-electron chi connectivity index (χ0n) is 11.8. The van der Waals surface area contributed by atoms with Gasteiger partial charge in [-0.15, -0.1) is 0 Å². The summed E-state index contributed by atoms with van der Waals surface area (Å²) in [6.45, 7) is 6.85. The number of likely N-dealkylation sites (tertiary alicyclic amines) is 1. The Bertz CT molecular complexity index is 362. The summed E-state index contributed by atoms with van der Waals surface area (Å²) in [7, 11) is 0. The van der Waals surface area contributed by atoms with Gasteiger partial charge in [-0.25, -0.2) is 0 Å². The standard InChI is InChI=1S/C14H24N2O3/c1-10(2)14(5-6-15-9-14)13(19)16-7-3-4-11(8-16)12(17)18/h10-11,15H,3-9H2,1-2H3,(H,17,18)/t11-,14?/m1/s1. The molecule has 2 atom stereocenters.